The fraction of sp³-hybridized carbons (Fsp3) is 0.0588. The summed E-state index contributed by atoms with van der Waals surface area (Å²) >= 11 is 9.25. The van der Waals surface area contributed by atoms with Crippen LogP contribution in [0.1, 0.15) is 27.7 Å². The normalized spacial score (nSPS) is 16.4. The van der Waals surface area contributed by atoms with Gasteiger partial charge in [0.2, 0.25) is 5.76 Å². The Kier molecular flexibility index (Phi) is 3.28. The highest BCUT2D eigenvalue weighted by molar-refractivity contribution is 9.10. The molecule has 0 fully saturated rings. The maximum atomic E-state index is 12.9. The number of halogens is 2. The zero-order chi connectivity index (χ0) is 16.1. The monoisotopic (exact) mass is 389 g/mol. The predicted octanol–water partition coefficient (Wildman–Crippen LogP) is 4.04. The van der Waals surface area contributed by atoms with Crippen LogP contribution in [0.25, 0.3) is 11.0 Å². The molecule has 1 aliphatic heterocycles. The minimum Gasteiger partial charge on any atom is -0.450 e. The first-order valence-electron chi connectivity index (χ1n) is 6.87. The summed E-state index contributed by atoms with van der Waals surface area (Å²) in [7, 11) is 0. The molecule has 0 bridgehead atoms. The predicted molar refractivity (Wildman–Crippen MR) is 90.9 cm³/mol. The van der Waals surface area contributed by atoms with Gasteiger partial charge in [-0.3, -0.25) is 9.59 Å². The first-order chi connectivity index (χ1) is 11.0. The maximum Gasteiger partial charge on any atom is 0.288 e. The van der Waals surface area contributed by atoms with Crippen LogP contribution in [0.3, 0.4) is 0 Å². The van der Waals surface area contributed by atoms with Gasteiger partial charge in [0.15, 0.2) is 5.43 Å². The molecule has 4 nitrogen and oxygen atoms in total. The molecule has 1 atom stereocenters. The summed E-state index contributed by atoms with van der Waals surface area (Å²) in [6.07, 6.45) is 0. The Labute approximate surface area is 144 Å². The second-order valence-electron chi connectivity index (χ2n) is 5.27. The molecule has 0 radical (unpaired) electrons. The molecule has 0 spiro atoms. The fourth-order valence-electron chi connectivity index (χ4n) is 2.79. The highest BCUT2D eigenvalue weighted by Gasteiger charge is 2.35. The van der Waals surface area contributed by atoms with Crippen molar-refractivity contribution in [2.45, 2.75) is 6.04 Å². The Balaban J connectivity index is 1.99. The lowest BCUT2D eigenvalue weighted by Gasteiger charge is -2.11. The Morgan fingerprint density at radius 1 is 1.09 bits per heavy atom. The molecule has 0 aliphatic carbocycles. The zero-order valence-corrected chi connectivity index (χ0v) is 13.9. The lowest BCUT2D eigenvalue weighted by molar-refractivity contribution is 0.0938. The molecule has 0 saturated heterocycles. The van der Waals surface area contributed by atoms with Gasteiger partial charge in [-0.1, -0.05) is 39.7 Å². The first kappa shape index (κ1) is 14.5. The summed E-state index contributed by atoms with van der Waals surface area (Å²) in [5, 5.41) is 3.83. The molecule has 114 valence electrons. The molecule has 0 saturated carbocycles. The number of hydrogen-bond acceptors (Lipinski definition) is 3. The topological polar surface area (TPSA) is 59.3 Å². The fourth-order valence-corrected chi connectivity index (χ4v) is 3.27. The molecule has 6 heteroatoms. The van der Waals surface area contributed by atoms with Crippen molar-refractivity contribution in [3.05, 3.63) is 79.1 Å². The number of hydrogen-bond donors (Lipinski definition) is 1. The van der Waals surface area contributed by atoms with Gasteiger partial charge < -0.3 is 9.73 Å². The molecule has 2 heterocycles. The van der Waals surface area contributed by atoms with Crippen LogP contribution < -0.4 is 10.7 Å². The molecular weight excluding hydrogens is 382 g/mol. The van der Waals surface area contributed by atoms with E-state index in [2.05, 4.69) is 21.2 Å². The average Bonchev–Trinajstić information content (AvgIpc) is 2.86. The second kappa shape index (κ2) is 5.22. The van der Waals surface area contributed by atoms with E-state index >= 15 is 0 Å². The summed E-state index contributed by atoms with van der Waals surface area (Å²) in [5.74, 6) is -0.313. The van der Waals surface area contributed by atoms with Gasteiger partial charge in [0.05, 0.1) is 17.0 Å². The van der Waals surface area contributed by atoms with E-state index < -0.39 is 6.04 Å². The van der Waals surface area contributed by atoms with Crippen molar-refractivity contribution in [1.82, 2.24) is 5.32 Å². The molecule has 1 aliphatic rings. The number of carbonyl (C=O) groups excluding carboxylic acids is 1. The van der Waals surface area contributed by atoms with E-state index in [0.717, 1.165) is 10.0 Å². The maximum absolute atomic E-state index is 12.9. The Bertz CT molecular complexity index is 1010. The Hall–Kier alpha value is -2.11. The van der Waals surface area contributed by atoms with Gasteiger partial charge in [-0.05, 0) is 35.9 Å². The summed E-state index contributed by atoms with van der Waals surface area (Å²) in [6.45, 7) is 0. The SMILES string of the molecule is O=C1NC(c2ccc(Cl)cc2)c2c1oc1ccc(Br)cc1c2=O. The highest BCUT2D eigenvalue weighted by Crippen LogP contribution is 2.31. The minimum absolute atomic E-state index is 0.0739. The number of carbonyl (C=O) groups is 1. The summed E-state index contributed by atoms with van der Waals surface area (Å²) in [5.41, 5.74) is 1.30. The van der Waals surface area contributed by atoms with Crippen LogP contribution >= 0.6 is 27.5 Å². The van der Waals surface area contributed by atoms with Crippen molar-refractivity contribution >= 4 is 44.4 Å². The summed E-state index contributed by atoms with van der Waals surface area (Å²) in [4.78, 5) is 25.1. The van der Waals surface area contributed by atoms with Gasteiger partial charge in [0.25, 0.3) is 5.91 Å². The minimum atomic E-state index is -0.533. The van der Waals surface area contributed by atoms with E-state index in [-0.39, 0.29) is 17.1 Å². The molecule has 1 aromatic heterocycles. The summed E-state index contributed by atoms with van der Waals surface area (Å²) in [6, 6.07) is 11.6. The van der Waals surface area contributed by atoms with Crippen LogP contribution in [0, 0.1) is 0 Å². The van der Waals surface area contributed by atoms with Gasteiger partial charge in [-0.25, -0.2) is 0 Å². The van der Waals surface area contributed by atoms with E-state index in [1.54, 1.807) is 42.5 Å². The lowest BCUT2D eigenvalue weighted by Crippen LogP contribution is -2.21. The summed E-state index contributed by atoms with van der Waals surface area (Å²) < 4.78 is 6.44. The standard InChI is InChI=1S/C17H9BrClNO3/c18-9-3-6-12-11(7-9)15(21)13-14(20-17(22)16(13)23-12)8-1-4-10(19)5-2-8/h1-7,14H,(H,20,22). The van der Waals surface area contributed by atoms with Crippen molar-refractivity contribution in [3.63, 3.8) is 0 Å². The van der Waals surface area contributed by atoms with Crippen molar-refractivity contribution in [3.8, 4) is 0 Å². The van der Waals surface area contributed by atoms with Crippen LogP contribution in [-0.4, -0.2) is 5.91 Å². The zero-order valence-electron chi connectivity index (χ0n) is 11.6. The van der Waals surface area contributed by atoms with Crippen molar-refractivity contribution in [1.29, 1.82) is 0 Å². The number of rotatable bonds is 1. The smallest absolute Gasteiger partial charge is 0.288 e. The highest BCUT2D eigenvalue weighted by atomic mass is 79.9. The van der Waals surface area contributed by atoms with Gasteiger partial charge >= 0.3 is 0 Å². The van der Waals surface area contributed by atoms with Gasteiger partial charge in [-0.15, -0.1) is 0 Å². The van der Waals surface area contributed by atoms with Crippen LogP contribution in [0.2, 0.25) is 5.02 Å². The molecule has 3 aromatic rings. The Morgan fingerprint density at radius 2 is 1.83 bits per heavy atom. The number of nitrogens with one attached hydrogen (secondary N) is 1. The van der Waals surface area contributed by atoms with E-state index in [0.29, 0.717) is 21.6 Å². The van der Waals surface area contributed by atoms with Crippen LogP contribution in [0.5, 0.6) is 0 Å². The van der Waals surface area contributed by atoms with Gasteiger partial charge in [-0.2, -0.15) is 0 Å². The van der Waals surface area contributed by atoms with E-state index in [1.165, 1.54) is 0 Å². The third kappa shape index (κ3) is 2.28. The van der Waals surface area contributed by atoms with Gasteiger partial charge in [0, 0.05) is 9.50 Å². The van der Waals surface area contributed by atoms with Crippen LogP contribution in [0.4, 0.5) is 0 Å². The quantitative estimate of drug-likeness (QED) is 0.682. The van der Waals surface area contributed by atoms with E-state index in [1.807, 2.05) is 0 Å². The Morgan fingerprint density at radius 3 is 2.57 bits per heavy atom. The van der Waals surface area contributed by atoms with Crippen molar-refractivity contribution in [2.75, 3.05) is 0 Å². The molecule has 1 amide bonds. The molecule has 1 unspecified atom stereocenters. The first-order valence-corrected chi connectivity index (χ1v) is 8.04. The molecular formula is C17H9BrClNO3. The third-order valence-corrected chi connectivity index (χ3v) is 4.61. The second-order valence-corrected chi connectivity index (χ2v) is 6.62. The molecule has 23 heavy (non-hydrogen) atoms. The van der Waals surface area contributed by atoms with E-state index in [4.69, 9.17) is 16.0 Å². The largest absolute Gasteiger partial charge is 0.450 e. The number of benzene rings is 2. The molecule has 1 N–H and O–H groups in total. The molecule has 2 aromatic carbocycles. The number of fused-ring (bicyclic) bond motifs is 2. The van der Waals surface area contributed by atoms with E-state index in [9.17, 15) is 9.59 Å². The van der Waals surface area contributed by atoms with Crippen LogP contribution in [0.15, 0.2) is 56.1 Å². The van der Waals surface area contributed by atoms with Crippen LogP contribution in [-0.2, 0) is 0 Å². The lowest BCUT2D eigenvalue weighted by atomic mass is 9.99. The van der Waals surface area contributed by atoms with Gasteiger partial charge in [0.1, 0.15) is 5.58 Å². The number of amides is 1. The third-order valence-electron chi connectivity index (χ3n) is 3.86. The molecule has 4 rings (SSSR count). The average molecular weight is 391 g/mol. The van der Waals surface area contributed by atoms with Crippen molar-refractivity contribution < 1.29 is 9.21 Å². The van der Waals surface area contributed by atoms with Crippen molar-refractivity contribution in [2.24, 2.45) is 0 Å².